The van der Waals surface area contributed by atoms with Gasteiger partial charge >= 0.3 is 5.97 Å². The number of rotatable bonds is 5. The minimum Gasteiger partial charge on any atom is -0.449 e. The molecule has 0 aromatic heterocycles. The lowest BCUT2D eigenvalue weighted by Gasteiger charge is -2.14. The lowest BCUT2D eigenvalue weighted by Crippen LogP contribution is -2.30. The molecular weight excluding hydrogens is 326 g/mol. The van der Waals surface area contributed by atoms with Crippen LogP contribution in [-0.4, -0.2) is 43.2 Å². The van der Waals surface area contributed by atoms with E-state index in [0.717, 1.165) is 0 Å². The van der Waals surface area contributed by atoms with Gasteiger partial charge in [0.1, 0.15) is 0 Å². The fourth-order valence-electron chi connectivity index (χ4n) is 2.05. The number of nitrogens with two attached hydrogens (primary N) is 1. The van der Waals surface area contributed by atoms with E-state index >= 15 is 0 Å². The molecule has 1 fully saturated rings. The molecule has 1 aliphatic rings. The number of thioether (sulfide) groups is 1. The fraction of sp³-hybridized carbons (Fsp3) is 0.429. The number of esters is 1. The van der Waals surface area contributed by atoms with Crippen LogP contribution in [0.5, 0.6) is 0 Å². The molecule has 1 aliphatic heterocycles. The molecule has 1 aromatic rings. The van der Waals surface area contributed by atoms with E-state index < -0.39 is 27.8 Å². The van der Waals surface area contributed by atoms with Gasteiger partial charge in [0.25, 0.3) is 5.91 Å². The molecule has 1 aromatic carbocycles. The Kier molecular flexibility index (Phi) is 5.12. The summed E-state index contributed by atoms with van der Waals surface area (Å²) in [5, 5.41) is -0.0764. The van der Waals surface area contributed by atoms with Gasteiger partial charge in [0.2, 0.25) is 0 Å². The second-order valence-electron chi connectivity index (χ2n) is 5.09. The van der Waals surface area contributed by atoms with Crippen molar-refractivity contribution in [1.82, 2.24) is 0 Å². The maximum atomic E-state index is 12.1. The summed E-state index contributed by atoms with van der Waals surface area (Å²) in [5.41, 5.74) is 5.38. The van der Waals surface area contributed by atoms with Gasteiger partial charge in [-0.2, -0.15) is 0 Å². The minimum atomic E-state index is -2.98. The molecule has 2 N–H and O–H groups in total. The summed E-state index contributed by atoms with van der Waals surface area (Å²) in [6, 6.07) is 6.77. The predicted octanol–water partition coefficient (Wildman–Crippen LogP) is 0.996. The number of carbonyl (C=O) groups excluding carboxylic acids is 2. The Morgan fingerprint density at radius 3 is 2.64 bits per heavy atom. The molecule has 2 rings (SSSR count). The van der Waals surface area contributed by atoms with Gasteiger partial charge in [-0.1, -0.05) is 12.1 Å². The monoisotopic (exact) mass is 343 g/mol. The van der Waals surface area contributed by atoms with E-state index in [1.807, 2.05) is 0 Å². The van der Waals surface area contributed by atoms with Gasteiger partial charge in [0.15, 0.2) is 15.9 Å². The number of primary amides is 1. The normalized spacial score (nSPS) is 21.2. The summed E-state index contributed by atoms with van der Waals surface area (Å²) in [4.78, 5) is 23.7. The van der Waals surface area contributed by atoms with Gasteiger partial charge in [-0.3, -0.25) is 4.79 Å². The molecule has 1 heterocycles. The molecule has 0 saturated carbocycles. The van der Waals surface area contributed by atoms with Crippen molar-refractivity contribution in [2.75, 3.05) is 11.5 Å². The van der Waals surface area contributed by atoms with E-state index in [0.29, 0.717) is 16.9 Å². The first-order valence-corrected chi connectivity index (χ1v) is 9.45. The molecular formula is C14H17NO5S2. The molecule has 6 nitrogen and oxygen atoms in total. The average Bonchev–Trinajstić information content (AvgIpc) is 2.78. The van der Waals surface area contributed by atoms with Crippen molar-refractivity contribution in [2.45, 2.75) is 29.6 Å². The molecule has 2 atom stereocenters. The summed E-state index contributed by atoms with van der Waals surface area (Å²) in [6.07, 6.45) is -0.453. The van der Waals surface area contributed by atoms with Crippen molar-refractivity contribution < 1.29 is 22.7 Å². The number of hydrogen-bond donors (Lipinski definition) is 1. The van der Waals surface area contributed by atoms with Crippen LogP contribution in [0.15, 0.2) is 29.2 Å². The Morgan fingerprint density at radius 2 is 2.05 bits per heavy atom. The van der Waals surface area contributed by atoms with E-state index in [9.17, 15) is 18.0 Å². The van der Waals surface area contributed by atoms with Crippen molar-refractivity contribution in [3.63, 3.8) is 0 Å². The molecule has 8 heteroatoms. The topological polar surface area (TPSA) is 104 Å². The number of hydrogen-bond acceptors (Lipinski definition) is 6. The third-order valence-corrected chi connectivity index (χ3v) is 6.60. The Hall–Kier alpha value is -1.54. The second-order valence-corrected chi connectivity index (χ2v) is 8.66. The molecule has 0 spiro atoms. The molecule has 120 valence electrons. The molecule has 1 saturated heterocycles. The fourth-order valence-corrected chi connectivity index (χ4v) is 5.67. The quantitative estimate of drug-likeness (QED) is 0.800. The van der Waals surface area contributed by atoms with E-state index in [-0.39, 0.29) is 16.8 Å². The summed E-state index contributed by atoms with van der Waals surface area (Å²) in [7, 11) is -2.98. The van der Waals surface area contributed by atoms with E-state index in [4.69, 9.17) is 10.5 Å². The van der Waals surface area contributed by atoms with Gasteiger partial charge in [-0.15, -0.1) is 11.8 Å². The highest BCUT2D eigenvalue weighted by Gasteiger charge is 2.30. The van der Waals surface area contributed by atoms with Gasteiger partial charge in [0, 0.05) is 10.1 Å². The van der Waals surface area contributed by atoms with Crippen LogP contribution in [0.1, 0.15) is 23.7 Å². The number of carbonyl (C=O) groups is 2. The van der Waals surface area contributed by atoms with Crippen LogP contribution in [0.25, 0.3) is 0 Å². The smallest absolute Gasteiger partial charge is 0.340 e. The first kappa shape index (κ1) is 16.8. The molecule has 0 radical (unpaired) electrons. The van der Waals surface area contributed by atoms with Crippen LogP contribution in [0.2, 0.25) is 0 Å². The summed E-state index contributed by atoms with van der Waals surface area (Å²) >= 11 is 1.35. The highest BCUT2D eigenvalue weighted by molar-refractivity contribution is 8.02. The third kappa shape index (κ3) is 4.23. The van der Waals surface area contributed by atoms with Crippen molar-refractivity contribution in [3.05, 3.63) is 29.8 Å². The van der Waals surface area contributed by atoms with Crippen LogP contribution in [0, 0.1) is 0 Å². The van der Waals surface area contributed by atoms with Gasteiger partial charge in [-0.05, 0) is 25.5 Å². The number of ether oxygens (including phenoxy) is 1. The highest BCUT2D eigenvalue weighted by atomic mass is 32.2. The Bertz CT molecular complexity index is 686. The largest absolute Gasteiger partial charge is 0.449 e. The Morgan fingerprint density at radius 1 is 1.36 bits per heavy atom. The standard InChI is InChI=1S/C14H17NO5S2/c1-9(13(15)16)20-14(17)11-4-2-3-5-12(11)21-10-6-7-22(18,19)8-10/h2-5,9-10H,6-8H2,1H3,(H2,15,16)/t9-,10+/m0/s1. The van der Waals surface area contributed by atoms with Crippen LogP contribution < -0.4 is 5.73 Å². The van der Waals surface area contributed by atoms with Crippen molar-refractivity contribution in [2.24, 2.45) is 5.73 Å². The zero-order valence-corrected chi connectivity index (χ0v) is 13.7. The van der Waals surface area contributed by atoms with E-state index in [2.05, 4.69) is 0 Å². The van der Waals surface area contributed by atoms with Crippen LogP contribution >= 0.6 is 11.8 Å². The van der Waals surface area contributed by atoms with Crippen molar-refractivity contribution in [1.29, 1.82) is 0 Å². The van der Waals surface area contributed by atoms with Crippen LogP contribution in [0.4, 0.5) is 0 Å². The Labute approximate surface area is 133 Å². The van der Waals surface area contributed by atoms with Gasteiger partial charge in [0.05, 0.1) is 17.1 Å². The molecule has 0 aliphatic carbocycles. The SMILES string of the molecule is C[C@H](OC(=O)c1ccccc1S[C@@H]1CCS(=O)(=O)C1)C(N)=O. The Balaban J connectivity index is 2.13. The molecule has 22 heavy (non-hydrogen) atoms. The lowest BCUT2D eigenvalue weighted by atomic mass is 10.2. The highest BCUT2D eigenvalue weighted by Crippen LogP contribution is 2.33. The van der Waals surface area contributed by atoms with Gasteiger partial charge in [-0.25, -0.2) is 13.2 Å². The lowest BCUT2D eigenvalue weighted by molar-refractivity contribution is -0.125. The summed E-state index contributed by atoms with van der Waals surface area (Å²) in [5.74, 6) is -1.08. The maximum Gasteiger partial charge on any atom is 0.340 e. The van der Waals surface area contributed by atoms with E-state index in [1.165, 1.54) is 18.7 Å². The van der Waals surface area contributed by atoms with Crippen molar-refractivity contribution >= 4 is 33.5 Å². The number of benzene rings is 1. The summed E-state index contributed by atoms with van der Waals surface area (Å²) < 4.78 is 28.0. The third-order valence-electron chi connectivity index (χ3n) is 3.28. The molecule has 0 unspecified atom stereocenters. The zero-order chi connectivity index (χ0) is 16.3. The summed E-state index contributed by atoms with van der Waals surface area (Å²) in [6.45, 7) is 1.40. The van der Waals surface area contributed by atoms with Gasteiger partial charge < -0.3 is 10.5 Å². The van der Waals surface area contributed by atoms with E-state index in [1.54, 1.807) is 24.3 Å². The maximum absolute atomic E-state index is 12.1. The minimum absolute atomic E-state index is 0.0764. The number of amides is 1. The molecule has 0 bridgehead atoms. The van der Waals surface area contributed by atoms with Crippen LogP contribution in [-0.2, 0) is 19.4 Å². The predicted molar refractivity (Wildman–Crippen MR) is 83.4 cm³/mol. The zero-order valence-electron chi connectivity index (χ0n) is 12.0. The first-order valence-electron chi connectivity index (χ1n) is 6.75. The number of sulfone groups is 1. The van der Waals surface area contributed by atoms with Crippen LogP contribution in [0.3, 0.4) is 0 Å². The average molecular weight is 343 g/mol. The second kappa shape index (κ2) is 6.70. The van der Waals surface area contributed by atoms with Crippen molar-refractivity contribution in [3.8, 4) is 0 Å². The first-order chi connectivity index (χ1) is 10.3. The molecule has 1 amide bonds.